The first-order valence-corrected chi connectivity index (χ1v) is 7.49. The van der Waals surface area contributed by atoms with Gasteiger partial charge in [0.05, 0.1) is 0 Å². The zero-order chi connectivity index (χ0) is 14.3. The first kappa shape index (κ1) is 16.3. The Balaban J connectivity index is 2.18. The first-order valence-electron chi connectivity index (χ1n) is 7.11. The van der Waals surface area contributed by atoms with Crippen molar-refractivity contribution in [1.29, 1.82) is 0 Å². The molecular weight excluding hydrogens is 258 g/mol. The molecule has 1 unspecified atom stereocenters. The van der Waals surface area contributed by atoms with Crippen LogP contribution in [0.1, 0.15) is 39.2 Å². The van der Waals surface area contributed by atoms with Crippen LogP contribution in [-0.4, -0.2) is 19.2 Å². The Morgan fingerprint density at radius 2 is 1.95 bits per heavy atom. The second kappa shape index (κ2) is 8.44. The minimum absolute atomic E-state index is 0.554. The van der Waals surface area contributed by atoms with Crippen molar-refractivity contribution in [3.63, 3.8) is 0 Å². The molecule has 0 saturated heterocycles. The maximum absolute atomic E-state index is 5.98. The lowest BCUT2D eigenvalue weighted by Gasteiger charge is -2.15. The molecule has 1 aromatic rings. The van der Waals surface area contributed by atoms with E-state index in [1.54, 1.807) is 0 Å². The Labute approximate surface area is 122 Å². The van der Waals surface area contributed by atoms with Crippen LogP contribution in [0, 0.1) is 12.8 Å². The summed E-state index contributed by atoms with van der Waals surface area (Å²) in [5, 5.41) is 4.27. The fourth-order valence-electron chi connectivity index (χ4n) is 1.87. The van der Waals surface area contributed by atoms with Gasteiger partial charge in [0.2, 0.25) is 0 Å². The van der Waals surface area contributed by atoms with Crippen molar-refractivity contribution in [2.45, 2.75) is 46.6 Å². The van der Waals surface area contributed by atoms with Gasteiger partial charge >= 0.3 is 0 Å². The maximum atomic E-state index is 5.98. The summed E-state index contributed by atoms with van der Waals surface area (Å²) in [4.78, 5) is 0. The van der Waals surface area contributed by atoms with E-state index in [4.69, 9.17) is 16.3 Å². The van der Waals surface area contributed by atoms with Gasteiger partial charge in [0.15, 0.2) is 0 Å². The van der Waals surface area contributed by atoms with Crippen LogP contribution in [0.15, 0.2) is 18.2 Å². The summed E-state index contributed by atoms with van der Waals surface area (Å²) in [6.07, 6.45) is 2.49. The van der Waals surface area contributed by atoms with Crippen LogP contribution >= 0.6 is 11.6 Å². The van der Waals surface area contributed by atoms with Crippen molar-refractivity contribution in [1.82, 2.24) is 5.32 Å². The van der Waals surface area contributed by atoms with E-state index < -0.39 is 0 Å². The SMILES string of the molecule is Cc1cc(OCCNC(C)CCC(C)C)ccc1Cl. The summed E-state index contributed by atoms with van der Waals surface area (Å²) in [5.41, 5.74) is 1.05. The highest BCUT2D eigenvalue weighted by atomic mass is 35.5. The normalized spacial score (nSPS) is 12.7. The number of benzene rings is 1. The molecule has 1 aromatic carbocycles. The largest absolute Gasteiger partial charge is 0.492 e. The second-order valence-corrected chi connectivity index (χ2v) is 5.99. The quantitative estimate of drug-likeness (QED) is 0.712. The minimum Gasteiger partial charge on any atom is -0.492 e. The Morgan fingerprint density at radius 3 is 2.58 bits per heavy atom. The van der Waals surface area contributed by atoms with Crippen molar-refractivity contribution >= 4 is 11.6 Å². The van der Waals surface area contributed by atoms with Crippen molar-refractivity contribution in [3.8, 4) is 5.75 Å². The highest BCUT2D eigenvalue weighted by molar-refractivity contribution is 6.31. The molecule has 0 aromatic heterocycles. The summed E-state index contributed by atoms with van der Waals surface area (Å²) in [5.74, 6) is 1.66. The third-order valence-corrected chi connectivity index (χ3v) is 3.59. The van der Waals surface area contributed by atoms with Crippen LogP contribution in [0.3, 0.4) is 0 Å². The van der Waals surface area contributed by atoms with E-state index in [-0.39, 0.29) is 0 Å². The average molecular weight is 284 g/mol. The molecule has 0 spiro atoms. The molecule has 3 heteroatoms. The maximum Gasteiger partial charge on any atom is 0.119 e. The van der Waals surface area contributed by atoms with E-state index in [1.165, 1.54) is 12.8 Å². The summed E-state index contributed by atoms with van der Waals surface area (Å²) in [6, 6.07) is 6.32. The van der Waals surface area contributed by atoms with Gasteiger partial charge in [-0.1, -0.05) is 25.4 Å². The van der Waals surface area contributed by atoms with Gasteiger partial charge < -0.3 is 10.1 Å². The van der Waals surface area contributed by atoms with Crippen LogP contribution in [0.4, 0.5) is 0 Å². The monoisotopic (exact) mass is 283 g/mol. The van der Waals surface area contributed by atoms with Gasteiger partial charge in [0.25, 0.3) is 0 Å². The highest BCUT2D eigenvalue weighted by Crippen LogP contribution is 2.20. The van der Waals surface area contributed by atoms with Gasteiger partial charge in [0, 0.05) is 17.6 Å². The number of ether oxygens (including phenoxy) is 1. The predicted molar refractivity (Wildman–Crippen MR) is 83.2 cm³/mol. The van der Waals surface area contributed by atoms with Crippen molar-refractivity contribution < 1.29 is 4.74 Å². The number of rotatable bonds is 8. The molecule has 0 amide bonds. The minimum atomic E-state index is 0.554. The Morgan fingerprint density at radius 1 is 1.21 bits per heavy atom. The van der Waals surface area contributed by atoms with E-state index in [2.05, 4.69) is 26.1 Å². The van der Waals surface area contributed by atoms with Gasteiger partial charge in [-0.15, -0.1) is 0 Å². The third-order valence-electron chi connectivity index (χ3n) is 3.17. The topological polar surface area (TPSA) is 21.3 Å². The second-order valence-electron chi connectivity index (χ2n) is 5.59. The highest BCUT2D eigenvalue weighted by Gasteiger charge is 2.03. The van der Waals surface area contributed by atoms with Crippen LogP contribution < -0.4 is 10.1 Å². The average Bonchev–Trinajstić information content (AvgIpc) is 2.36. The van der Waals surface area contributed by atoms with Crippen molar-refractivity contribution in [3.05, 3.63) is 28.8 Å². The molecule has 1 atom stereocenters. The molecule has 108 valence electrons. The molecule has 0 aliphatic rings. The predicted octanol–water partition coefficient (Wildman–Crippen LogP) is 4.44. The molecule has 0 fully saturated rings. The molecule has 0 heterocycles. The molecular formula is C16H26ClNO. The van der Waals surface area contributed by atoms with Gasteiger partial charge in [-0.05, 0) is 56.4 Å². The molecule has 0 aliphatic heterocycles. The molecule has 0 saturated carbocycles. The van der Waals surface area contributed by atoms with Gasteiger partial charge in [-0.3, -0.25) is 0 Å². The summed E-state index contributed by atoms with van der Waals surface area (Å²) < 4.78 is 5.70. The zero-order valence-corrected chi connectivity index (χ0v) is 13.3. The van der Waals surface area contributed by atoms with Gasteiger partial charge in [-0.2, -0.15) is 0 Å². The zero-order valence-electron chi connectivity index (χ0n) is 12.5. The molecule has 1 N–H and O–H groups in total. The van der Waals surface area contributed by atoms with E-state index in [9.17, 15) is 0 Å². The molecule has 1 rings (SSSR count). The number of aryl methyl sites for hydroxylation is 1. The molecule has 2 nitrogen and oxygen atoms in total. The fourth-order valence-corrected chi connectivity index (χ4v) is 1.98. The molecule has 19 heavy (non-hydrogen) atoms. The number of nitrogens with one attached hydrogen (secondary N) is 1. The number of halogens is 1. The first-order chi connectivity index (χ1) is 8.99. The Hall–Kier alpha value is -0.730. The van der Waals surface area contributed by atoms with Crippen LogP contribution in [-0.2, 0) is 0 Å². The lowest BCUT2D eigenvalue weighted by atomic mass is 10.0. The van der Waals surface area contributed by atoms with E-state index in [0.29, 0.717) is 12.6 Å². The number of hydrogen-bond acceptors (Lipinski definition) is 2. The number of hydrogen-bond donors (Lipinski definition) is 1. The standard InChI is InChI=1S/C16H26ClNO/c1-12(2)5-6-14(4)18-9-10-19-15-7-8-16(17)13(3)11-15/h7-8,11-12,14,18H,5-6,9-10H2,1-4H3. The summed E-state index contributed by atoms with van der Waals surface area (Å²) >= 11 is 5.98. The summed E-state index contributed by atoms with van der Waals surface area (Å²) in [6.45, 7) is 10.3. The van der Waals surface area contributed by atoms with Crippen LogP contribution in [0.5, 0.6) is 5.75 Å². The van der Waals surface area contributed by atoms with Gasteiger partial charge in [-0.25, -0.2) is 0 Å². The lowest BCUT2D eigenvalue weighted by Crippen LogP contribution is -2.30. The van der Waals surface area contributed by atoms with Crippen LogP contribution in [0.25, 0.3) is 0 Å². The van der Waals surface area contributed by atoms with Crippen LogP contribution in [0.2, 0.25) is 5.02 Å². The summed E-state index contributed by atoms with van der Waals surface area (Å²) in [7, 11) is 0. The smallest absolute Gasteiger partial charge is 0.119 e. The molecule has 0 radical (unpaired) electrons. The van der Waals surface area contributed by atoms with Crippen molar-refractivity contribution in [2.24, 2.45) is 5.92 Å². The third kappa shape index (κ3) is 6.84. The van der Waals surface area contributed by atoms with Crippen molar-refractivity contribution in [2.75, 3.05) is 13.2 Å². The fraction of sp³-hybridized carbons (Fsp3) is 0.625. The van der Waals surface area contributed by atoms with E-state index in [0.717, 1.165) is 28.8 Å². The van der Waals surface area contributed by atoms with Gasteiger partial charge in [0.1, 0.15) is 12.4 Å². The lowest BCUT2D eigenvalue weighted by molar-refractivity contribution is 0.302. The Bertz CT molecular complexity index is 379. The van der Waals surface area contributed by atoms with E-state index in [1.807, 2.05) is 25.1 Å². The van der Waals surface area contributed by atoms with E-state index >= 15 is 0 Å². The molecule has 0 aliphatic carbocycles. The molecule has 0 bridgehead atoms. The Kier molecular flexibility index (Phi) is 7.25.